The number of aryl methyl sites for hydroxylation is 3. The molecule has 0 saturated heterocycles. The van der Waals surface area contributed by atoms with Gasteiger partial charge in [-0.2, -0.15) is 0 Å². The Balaban J connectivity index is 1.36. The first kappa shape index (κ1) is 16.9. The van der Waals surface area contributed by atoms with E-state index in [0.29, 0.717) is 12.1 Å². The predicted molar refractivity (Wildman–Crippen MR) is 108 cm³/mol. The Morgan fingerprint density at radius 2 is 2.14 bits per heavy atom. The summed E-state index contributed by atoms with van der Waals surface area (Å²) in [5, 5.41) is 11.8. The Morgan fingerprint density at radius 3 is 2.93 bits per heavy atom. The number of fused-ring (bicyclic) bond motifs is 3. The van der Waals surface area contributed by atoms with E-state index in [1.54, 1.807) is 28.4 Å². The maximum atomic E-state index is 12.9. The molecule has 140 valence electrons. The Bertz CT molecular complexity index is 1140. The smallest absolute Gasteiger partial charge is 0.257 e. The summed E-state index contributed by atoms with van der Waals surface area (Å²) in [7, 11) is 0. The molecule has 1 amide bonds. The summed E-state index contributed by atoms with van der Waals surface area (Å²) < 4.78 is 1.76. The zero-order valence-electron chi connectivity index (χ0n) is 15.3. The number of amides is 1. The van der Waals surface area contributed by atoms with Crippen molar-refractivity contribution in [3.8, 4) is 11.3 Å². The fraction of sp³-hybridized carbons (Fsp3) is 0.200. The summed E-state index contributed by atoms with van der Waals surface area (Å²) >= 11 is 1.72. The van der Waals surface area contributed by atoms with E-state index in [4.69, 9.17) is 0 Å². The highest BCUT2D eigenvalue weighted by Gasteiger charge is 2.27. The molecule has 8 heteroatoms. The summed E-state index contributed by atoms with van der Waals surface area (Å²) in [6.07, 6.45) is 7.15. The molecule has 28 heavy (non-hydrogen) atoms. The van der Waals surface area contributed by atoms with Gasteiger partial charge < -0.3 is 10.3 Å². The number of nitrogens with zero attached hydrogens (tertiary/aromatic N) is 4. The third-order valence-corrected chi connectivity index (χ3v) is 5.91. The highest BCUT2D eigenvalue weighted by Crippen LogP contribution is 2.38. The molecule has 0 aliphatic heterocycles. The number of hydrogen-bond donors (Lipinski definition) is 2. The van der Waals surface area contributed by atoms with Gasteiger partial charge in [-0.25, -0.2) is 9.67 Å². The van der Waals surface area contributed by atoms with E-state index in [1.165, 1.54) is 4.88 Å². The van der Waals surface area contributed by atoms with Gasteiger partial charge in [0.2, 0.25) is 0 Å². The Labute approximate surface area is 165 Å². The summed E-state index contributed by atoms with van der Waals surface area (Å²) in [4.78, 5) is 22.1. The molecule has 0 unspecified atom stereocenters. The van der Waals surface area contributed by atoms with E-state index < -0.39 is 0 Å². The molecule has 1 aliphatic rings. The number of aromatic amines is 1. The largest absolute Gasteiger partial charge is 0.364 e. The number of nitrogens with one attached hydrogen (secondary N) is 2. The summed E-state index contributed by atoms with van der Waals surface area (Å²) in [5.74, 6) is -0.125. The van der Waals surface area contributed by atoms with Crippen molar-refractivity contribution in [3.63, 3.8) is 0 Å². The number of H-pyrrole nitrogens is 1. The maximum absolute atomic E-state index is 12.9. The van der Waals surface area contributed by atoms with Crippen molar-refractivity contribution < 1.29 is 4.79 Å². The first-order chi connectivity index (χ1) is 13.7. The molecule has 7 nitrogen and oxygen atoms in total. The zero-order chi connectivity index (χ0) is 19.1. The molecule has 3 heterocycles. The number of carbonyl (C=O) groups excluding carboxylic acids is 1. The van der Waals surface area contributed by atoms with Gasteiger partial charge in [0, 0.05) is 34.2 Å². The molecule has 0 fully saturated rings. The summed E-state index contributed by atoms with van der Waals surface area (Å²) in [6.45, 7) is 2.65. The lowest BCUT2D eigenvalue weighted by atomic mass is 9.96. The predicted octanol–water partition coefficient (Wildman–Crippen LogP) is 3.44. The minimum absolute atomic E-state index is 0.125. The van der Waals surface area contributed by atoms with Crippen LogP contribution in [0, 0.1) is 6.92 Å². The Morgan fingerprint density at radius 1 is 1.29 bits per heavy atom. The topological polar surface area (TPSA) is 88.5 Å². The number of rotatable bonds is 4. The number of anilines is 1. The highest BCUT2D eigenvalue weighted by atomic mass is 32.1. The number of carbonyl (C=O) groups is 1. The van der Waals surface area contributed by atoms with Gasteiger partial charge in [-0.15, -0.1) is 16.4 Å². The van der Waals surface area contributed by atoms with Gasteiger partial charge in [-0.05, 0) is 37.5 Å². The molecule has 0 bridgehead atoms. The maximum Gasteiger partial charge on any atom is 0.257 e. The first-order valence-corrected chi connectivity index (χ1v) is 9.90. The average Bonchev–Trinajstić information content (AvgIpc) is 3.41. The molecule has 0 atom stereocenters. The lowest BCUT2D eigenvalue weighted by Crippen LogP contribution is -2.13. The van der Waals surface area contributed by atoms with Crippen molar-refractivity contribution in [2.24, 2.45) is 0 Å². The van der Waals surface area contributed by atoms with Gasteiger partial charge in [0.15, 0.2) is 0 Å². The van der Waals surface area contributed by atoms with Crippen LogP contribution in [0.4, 0.5) is 5.69 Å². The minimum atomic E-state index is -0.125. The third-order valence-electron chi connectivity index (χ3n) is 4.88. The van der Waals surface area contributed by atoms with E-state index in [0.717, 1.165) is 46.1 Å². The lowest BCUT2D eigenvalue weighted by Gasteiger charge is -2.13. The normalized spacial score (nSPS) is 12.5. The summed E-state index contributed by atoms with van der Waals surface area (Å²) in [5.41, 5.74) is 5.49. The molecule has 0 radical (unpaired) electrons. The van der Waals surface area contributed by atoms with Crippen LogP contribution in [0.3, 0.4) is 0 Å². The van der Waals surface area contributed by atoms with Gasteiger partial charge in [0.25, 0.3) is 5.91 Å². The molecule has 1 aromatic carbocycles. The van der Waals surface area contributed by atoms with Crippen molar-refractivity contribution in [2.45, 2.75) is 26.3 Å². The quantitative estimate of drug-likeness (QED) is 0.559. The zero-order valence-corrected chi connectivity index (χ0v) is 16.1. The van der Waals surface area contributed by atoms with Crippen molar-refractivity contribution in [1.29, 1.82) is 0 Å². The van der Waals surface area contributed by atoms with Crippen LogP contribution in [0.25, 0.3) is 11.3 Å². The first-order valence-electron chi connectivity index (χ1n) is 9.08. The van der Waals surface area contributed by atoms with Crippen LogP contribution in [-0.2, 0) is 19.4 Å². The van der Waals surface area contributed by atoms with Gasteiger partial charge >= 0.3 is 0 Å². The number of hydrogen-bond acceptors (Lipinski definition) is 5. The van der Waals surface area contributed by atoms with E-state index in [1.807, 2.05) is 37.4 Å². The highest BCUT2D eigenvalue weighted by molar-refractivity contribution is 7.12. The van der Waals surface area contributed by atoms with Gasteiger partial charge in [0.1, 0.15) is 0 Å². The molecule has 3 aromatic heterocycles. The number of aromatic nitrogens is 5. The second kappa shape index (κ2) is 6.72. The van der Waals surface area contributed by atoms with E-state index in [-0.39, 0.29) is 5.91 Å². The van der Waals surface area contributed by atoms with Crippen LogP contribution in [0.2, 0.25) is 0 Å². The van der Waals surface area contributed by atoms with Crippen LogP contribution >= 0.6 is 11.3 Å². The Kier molecular flexibility index (Phi) is 4.05. The second-order valence-electron chi connectivity index (χ2n) is 6.81. The third kappa shape index (κ3) is 3.01. The molecular formula is C20H18N6OS. The van der Waals surface area contributed by atoms with Gasteiger partial charge in [-0.1, -0.05) is 17.3 Å². The van der Waals surface area contributed by atoms with Crippen LogP contribution < -0.4 is 5.32 Å². The lowest BCUT2D eigenvalue weighted by molar-refractivity contribution is 0.102. The number of benzene rings is 1. The van der Waals surface area contributed by atoms with Crippen LogP contribution in [0.1, 0.15) is 31.5 Å². The molecule has 0 saturated carbocycles. The molecule has 1 aliphatic carbocycles. The number of thiazole rings is 1. The average molecular weight is 390 g/mol. The van der Waals surface area contributed by atoms with E-state index in [2.05, 4.69) is 25.6 Å². The Hall–Kier alpha value is -3.26. The van der Waals surface area contributed by atoms with E-state index >= 15 is 0 Å². The van der Waals surface area contributed by atoms with Crippen molar-refractivity contribution in [3.05, 3.63) is 69.6 Å². The minimum Gasteiger partial charge on any atom is -0.364 e. The van der Waals surface area contributed by atoms with Crippen molar-refractivity contribution >= 4 is 22.9 Å². The molecule has 0 spiro atoms. The van der Waals surface area contributed by atoms with Crippen LogP contribution in [-0.4, -0.2) is 30.9 Å². The SMILES string of the molecule is Cc1nc2c(s1)CCc1[nH]cc(C(=O)Nc3ccc(Cn4ccnn4)cc3)c1-2. The molecule has 5 rings (SSSR count). The monoisotopic (exact) mass is 390 g/mol. The van der Waals surface area contributed by atoms with Crippen molar-refractivity contribution in [2.75, 3.05) is 5.32 Å². The van der Waals surface area contributed by atoms with Crippen LogP contribution in [0.5, 0.6) is 0 Å². The molecule has 2 N–H and O–H groups in total. The summed E-state index contributed by atoms with van der Waals surface area (Å²) in [6, 6.07) is 7.76. The van der Waals surface area contributed by atoms with Crippen LogP contribution in [0.15, 0.2) is 42.9 Å². The fourth-order valence-electron chi connectivity index (χ4n) is 3.58. The van der Waals surface area contributed by atoms with Gasteiger partial charge in [-0.3, -0.25) is 4.79 Å². The second-order valence-corrected chi connectivity index (χ2v) is 8.10. The van der Waals surface area contributed by atoms with Crippen molar-refractivity contribution in [1.82, 2.24) is 25.0 Å². The fourth-order valence-corrected chi connectivity index (χ4v) is 4.52. The molecular weight excluding hydrogens is 372 g/mol. The molecule has 4 aromatic rings. The van der Waals surface area contributed by atoms with Gasteiger partial charge in [0.05, 0.1) is 29.0 Å². The van der Waals surface area contributed by atoms with E-state index in [9.17, 15) is 4.79 Å². The standard InChI is InChI=1S/C20H18N6OS/c1-12-23-19-17(28-12)7-6-16-18(19)15(10-21-16)20(27)24-14-4-2-13(3-5-14)11-26-9-8-22-25-26/h2-5,8-10,21H,6-7,11H2,1H3,(H,24,27).